The van der Waals surface area contributed by atoms with Crippen LogP contribution in [0.15, 0.2) is 0 Å². The summed E-state index contributed by atoms with van der Waals surface area (Å²) in [7, 11) is 2.14. The fraction of sp³-hybridized carbons (Fsp3) is 0.933. The van der Waals surface area contributed by atoms with Crippen LogP contribution in [0.4, 0.5) is 0 Å². The van der Waals surface area contributed by atoms with Gasteiger partial charge in [-0.2, -0.15) is 5.26 Å². The minimum absolute atomic E-state index is 0.342. The van der Waals surface area contributed by atoms with Crippen molar-refractivity contribution >= 4 is 0 Å². The van der Waals surface area contributed by atoms with Crippen molar-refractivity contribution in [1.82, 2.24) is 10.2 Å². The van der Waals surface area contributed by atoms with Crippen LogP contribution >= 0.6 is 0 Å². The molecule has 1 heterocycles. The maximum absolute atomic E-state index is 9.28. The van der Waals surface area contributed by atoms with Gasteiger partial charge in [0.1, 0.15) is 5.54 Å². The minimum atomic E-state index is -0.404. The molecule has 1 saturated heterocycles. The van der Waals surface area contributed by atoms with Gasteiger partial charge in [0.2, 0.25) is 0 Å². The van der Waals surface area contributed by atoms with E-state index in [-0.39, 0.29) is 0 Å². The fourth-order valence-corrected chi connectivity index (χ4v) is 2.73. The van der Waals surface area contributed by atoms with Gasteiger partial charge in [-0.05, 0) is 60.0 Å². The fourth-order valence-electron chi connectivity index (χ4n) is 2.73. The van der Waals surface area contributed by atoms with Crippen LogP contribution in [0.1, 0.15) is 46.5 Å². The molecule has 0 saturated carbocycles. The van der Waals surface area contributed by atoms with E-state index in [1.165, 1.54) is 12.8 Å². The summed E-state index contributed by atoms with van der Waals surface area (Å²) in [6.45, 7) is 9.12. The Morgan fingerprint density at radius 2 is 2.26 bits per heavy atom. The highest BCUT2D eigenvalue weighted by Crippen LogP contribution is 2.15. The lowest BCUT2D eigenvalue weighted by molar-refractivity contribution is 0.0803. The number of nitrogens with zero attached hydrogens (tertiary/aromatic N) is 2. The first-order valence-electron chi connectivity index (χ1n) is 7.44. The van der Waals surface area contributed by atoms with E-state index in [1.807, 2.05) is 6.92 Å². The molecule has 0 aromatic rings. The number of ether oxygens (including phenoxy) is 1. The molecule has 1 aliphatic heterocycles. The van der Waals surface area contributed by atoms with Gasteiger partial charge >= 0.3 is 0 Å². The highest BCUT2D eigenvalue weighted by atomic mass is 16.5. The van der Waals surface area contributed by atoms with Crippen LogP contribution in [0.25, 0.3) is 0 Å². The van der Waals surface area contributed by atoms with E-state index in [0.29, 0.717) is 12.1 Å². The SMILES string of the molecule is CC(C)NC(C)(C#N)CCCN(C)CC1CCCO1. The van der Waals surface area contributed by atoms with Crippen molar-refractivity contribution in [2.75, 3.05) is 26.7 Å². The molecule has 2 atom stereocenters. The molecule has 4 heteroatoms. The largest absolute Gasteiger partial charge is 0.377 e. The molecule has 0 aromatic carbocycles. The van der Waals surface area contributed by atoms with Crippen molar-refractivity contribution in [3.8, 4) is 6.07 Å². The monoisotopic (exact) mass is 267 g/mol. The third-order valence-corrected chi connectivity index (χ3v) is 3.61. The van der Waals surface area contributed by atoms with E-state index in [0.717, 1.165) is 32.5 Å². The number of rotatable bonds is 8. The van der Waals surface area contributed by atoms with Gasteiger partial charge in [-0.1, -0.05) is 0 Å². The first-order chi connectivity index (χ1) is 8.95. The molecule has 110 valence electrons. The zero-order valence-electron chi connectivity index (χ0n) is 12.9. The first kappa shape index (κ1) is 16.4. The Kier molecular flexibility index (Phi) is 6.78. The maximum Gasteiger partial charge on any atom is 0.104 e. The summed E-state index contributed by atoms with van der Waals surface area (Å²) in [5.41, 5.74) is -0.404. The van der Waals surface area contributed by atoms with Crippen molar-refractivity contribution in [3.05, 3.63) is 0 Å². The van der Waals surface area contributed by atoms with Gasteiger partial charge < -0.3 is 9.64 Å². The molecule has 1 aliphatic rings. The third kappa shape index (κ3) is 6.38. The van der Waals surface area contributed by atoms with E-state index >= 15 is 0 Å². The van der Waals surface area contributed by atoms with Gasteiger partial charge in [0.05, 0.1) is 12.2 Å². The summed E-state index contributed by atoms with van der Waals surface area (Å²) in [5, 5.41) is 12.6. The van der Waals surface area contributed by atoms with E-state index < -0.39 is 5.54 Å². The van der Waals surface area contributed by atoms with Gasteiger partial charge in [0.25, 0.3) is 0 Å². The molecule has 1 rings (SSSR count). The average Bonchev–Trinajstić information content (AvgIpc) is 2.80. The van der Waals surface area contributed by atoms with E-state index in [2.05, 4.69) is 37.2 Å². The number of nitriles is 1. The van der Waals surface area contributed by atoms with Gasteiger partial charge in [-0.15, -0.1) is 0 Å². The van der Waals surface area contributed by atoms with E-state index in [9.17, 15) is 5.26 Å². The Labute approximate surface area is 118 Å². The summed E-state index contributed by atoms with van der Waals surface area (Å²) in [4.78, 5) is 2.32. The summed E-state index contributed by atoms with van der Waals surface area (Å²) in [5.74, 6) is 0. The minimum Gasteiger partial charge on any atom is -0.377 e. The van der Waals surface area contributed by atoms with Gasteiger partial charge in [0.15, 0.2) is 0 Å². The zero-order chi connectivity index (χ0) is 14.3. The molecule has 0 spiro atoms. The molecular formula is C15H29N3O. The van der Waals surface area contributed by atoms with Crippen molar-refractivity contribution in [2.45, 2.75) is 64.1 Å². The third-order valence-electron chi connectivity index (χ3n) is 3.61. The number of hydrogen-bond donors (Lipinski definition) is 1. The van der Waals surface area contributed by atoms with Crippen LogP contribution in [0.2, 0.25) is 0 Å². The second-order valence-electron chi connectivity index (χ2n) is 6.24. The zero-order valence-corrected chi connectivity index (χ0v) is 12.9. The van der Waals surface area contributed by atoms with Gasteiger partial charge in [-0.25, -0.2) is 0 Å². The van der Waals surface area contributed by atoms with Crippen LogP contribution in [0.3, 0.4) is 0 Å². The standard InChI is InChI=1S/C15H29N3O/c1-13(2)17-15(3,12-16)8-6-9-18(4)11-14-7-5-10-19-14/h13-14,17H,5-11H2,1-4H3. The van der Waals surface area contributed by atoms with Gasteiger partial charge in [0, 0.05) is 19.2 Å². The molecule has 1 fully saturated rings. The van der Waals surface area contributed by atoms with Crippen molar-refractivity contribution in [3.63, 3.8) is 0 Å². The molecule has 0 radical (unpaired) electrons. The van der Waals surface area contributed by atoms with Crippen LogP contribution in [0.5, 0.6) is 0 Å². The summed E-state index contributed by atoms with van der Waals surface area (Å²) in [6.07, 6.45) is 4.73. The number of hydrogen-bond acceptors (Lipinski definition) is 4. The van der Waals surface area contributed by atoms with Crippen molar-refractivity contribution < 1.29 is 4.74 Å². The molecule has 19 heavy (non-hydrogen) atoms. The lowest BCUT2D eigenvalue weighted by atomic mass is 9.96. The van der Waals surface area contributed by atoms with Crippen molar-refractivity contribution in [1.29, 1.82) is 5.26 Å². The summed E-state index contributed by atoms with van der Waals surface area (Å²) in [6, 6.07) is 2.74. The molecule has 4 nitrogen and oxygen atoms in total. The maximum atomic E-state index is 9.28. The normalized spacial score (nSPS) is 22.7. The summed E-state index contributed by atoms with van der Waals surface area (Å²) >= 11 is 0. The van der Waals surface area contributed by atoms with Crippen molar-refractivity contribution in [2.24, 2.45) is 0 Å². The lowest BCUT2D eigenvalue weighted by Gasteiger charge is -2.27. The molecule has 0 amide bonds. The highest BCUT2D eigenvalue weighted by molar-refractivity contribution is 5.04. The smallest absolute Gasteiger partial charge is 0.104 e. The molecule has 1 N–H and O–H groups in total. The Balaban J connectivity index is 2.22. The van der Waals surface area contributed by atoms with Crippen LogP contribution in [-0.4, -0.2) is 49.3 Å². The average molecular weight is 267 g/mol. The quantitative estimate of drug-likeness (QED) is 0.732. The molecule has 0 bridgehead atoms. The molecular weight excluding hydrogens is 238 g/mol. The van der Waals surface area contributed by atoms with Crippen LogP contribution in [-0.2, 0) is 4.74 Å². The Morgan fingerprint density at radius 3 is 2.79 bits per heavy atom. The predicted octanol–water partition coefficient (Wildman–Crippen LogP) is 2.16. The lowest BCUT2D eigenvalue weighted by Crippen LogP contribution is -2.45. The van der Waals surface area contributed by atoms with Crippen LogP contribution in [0, 0.1) is 11.3 Å². The second kappa shape index (κ2) is 7.84. The topological polar surface area (TPSA) is 48.3 Å². The second-order valence-corrected chi connectivity index (χ2v) is 6.24. The molecule has 0 aliphatic carbocycles. The Bertz CT molecular complexity index is 294. The van der Waals surface area contributed by atoms with E-state index in [1.54, 1.807) is 0 Å². The van der Waals surface area contributed by atoms with Crippen LogP contribution < -0.4 is 5.32 Å². The highest BCUT2D eigenvalue weighted by Gasteiger charge is 2.24. The van der Waals surface area contributed by atoms with Gasteiger partial charge in [-0.3, -0.25) is 5.32 Å². The Morgan fingerprint density at radius 1 is 1.53 bits per heavy atom. The number of likely N-dealkylation sites (N-methyl/N-ethyl adjacent to an activating group) is 1. The summed E-state index contributed by atoms with van der Waals surface area (Å²) < 4.78 is 5.64. The predicted molar refractivity (Wildman–Crippen MR) is 78.0 cm³/mol. The molecule has 2 unspecified atom stereocenters. The van der Waals surface area contributed by atoms with E-state index in [4.69, 9.17) is 4.74 Å². The number of nitrogens with one attached hydrogen (secondary N) is 1. The Hall–Kier alpha value is -0.630. The molecule has 0 aromatic heterocycles. The first-order valence-corrected chi connectivity index (χ1v) is 7.44.